The molecule has 0 fully saturated rings. The van der Waals surface area contributed by atoms with Crippen molar-refractivity contribution in [1.29, 1.82) is 0 Å². The number of amides is 1. The molecule has 110 valence electrons. The highest BCUT2D eigenvalue weighted by molar-refractivity contribution is 5.94. The summed E-state index contributed by atoms with van der Waals surface area (Å²) >= 11 is 0. The van der Waals surface area contributed by atoms with Gasteiger partial charge >= 0.3 is 12.1 Å². The van der Waals surface area contributed by atoms with E-state index in [0.717, 1.165) is 11.0 Å². The molecule has 0 saturated heterocycles. The number of aliphatic carboxylic acids is 1. The van der Waals surface area contributed by atoms with Crippen LogP contribution in [-0.2, 0) is 11.0 Å². The van der Waals surface area contributed by atoms with E-state index >= 15 is 0 Å². The highest BCUT2D eigenvalue weighted by Gasteiger charge is 2.36. The van der Waals surface area contributed by atoms with Crippen LogP contribution in [0.15, 0.2) is 6.07 Å². The van der Waals surface area contributed by atoms with E-state index in [1.807, 2.05) is 0 Å². The Morgan fingerprint density at radius 2 is 1.90 bits per heavy atom. The Bertz CT molecular complexity index is 545. The molecule has 9 heteroatoms. The molecule has 1 amide bonds. The largest absolute Gasteiger partial charge is 0.480 e. The first-order valence-electron chi connectivity index (χ1n) is 5.47. The fraction of sp³-hybridized carbons (Fsp3) is 0.455. The quantitative estimate of drug-likeness (QED) is 0.908. The molecule has 1 atom stereocenters. The van der Waals surface area contributed by atoms with E-state index < -0.39 is 35.6 Å². The molecule has 0 bridgehead atoms. The highest BCUT2D eigenvalue weighted by atomic mass is 19.4. The lowest BCUT2D eigenvalue weighted by molar-refractivity contribution is -0.145. The molecule has 0 spiro atoms. The smallest absolute Gasteiger partial charge is 0.451 e. The number of carbonyl (C=O) groups is 2. The summed E-state index contributed by atoms with van der Waals surface area (Å²) in [6.07, 6.45) is -4.78. The lowest BCUT2D eigenvalue weighted by atomic mass is 10.2. The Kier molecular flexibility index (Phi) is 4.31. The third-order valence-electron chi connectivity index (χ3n) is 2.59. The van der Waals surface area contributed by atoms with Crippen LogP contribution in [0, 0.1) is 6.92 Å². The zero-order valence-electron chi connectivity index (χ0n) is 10.9. The van der Waals surface area contributed by atoms with Crippen molar-refractivity contribution in [3.8, 4) is 0 Å². The Labute approximate surface area is 112 Å². The summed E-state index contributed by atoms with van der Waals surface area (Å²) in [5, 5.41) is 8.78. The van der Waals surface area contributed by atoms with Gasteiger partial charge in [0.15, 0.2) is 0 Å². The number of carboxylic acids is 1. The molecule has 6 nitrogen and oxygen atoms in total. The van der Waals surface area contributed by atoms with Gasteiger partial charge in [0.2, 0.25) is 5.82 Å². The number of hydrogen-bond acceptors (Lipinski definition) is 4. The van der Waals surface area contributed by atoms with Gasteiger partial charge in [0.05, 0.1) is 0 Å². The number of aryl methyl sites for hydroxylation is 1. The molecule has 20 heavy (non-hydrogen) atoms. The van der Waals surface area contributed by atoms with Crippen LogP contribution in [0.5, 0.6) is 0 Å². The van der Waals surface area contributed by atoms with Crippen LogP contribution < -0.4 is 0 Å². The van der Waals surface area contributed by atoms with Crippen LogP contribution in [-0.4, -0.2) is 44.9 Å². The van der Waals surface area contributed by atoms with Crippen LogP contribution in [0.4, 0.5) is 13.2 Å². The van der Waals surface area contributed by atoms with Gasteiger partial charge < -0.3 is 10.0 Å². The summed E-state index contributed by atoms with van der Waals surface area (Å²) in [4.78, 5) is 29.8. The number of halogens is 3. The highest BCUT2D eigenvalue weighted by Crippen LogP contribution is 2.26. The van der Waals surface area contributed by atoms with E-state index in [9.17, 15) is 22.8 Å². The molecule has 0 aliphatic carbocycles. The average Bonchev–Trinajstić information content (AvgIpc) is 2.34. The van der Waals surface area contributed by atoms with Gasteiger partial charge in [-0.3, -0.25) is 4.79 Å². The fourth-order valence-electron chi connectivity index (χ4n) is 1.33. The molecule has 1 heterocycles. The second kappa shape index (κ2) is 5.43. The van der Waals surface area contributed by atoms with Gasteiger partial charge in [-0.05, 0) is 19.9 Å². The van der Waals surface area contributed by atoms with E-state index in [1.165, 1.54) is 20.9 Å². The van der Waals surface area contributed by atoms with Crippen LogP contribution in [0.2, 0.25) is 0 Å². The molecule has 1 N–H and O–H groups in total. The van der Waals surface area contributed by atoms with Crippen molar-refractivity contribution in [1.82, 2.24) is 14.9 Å². The van der Waals surface area contributed by atoms with Crippen molar-refractivity contribution >= 4 is 11.9 Å². The van der Waals surface area contributed by atoms with E-state index in [1.54, 1.807) is 0 Å². The minimum Gasteiger partial charge on any atom is -0.480 e. The Hall–Kier alpha value is -2.19. The van der Waals surface area contributed by atoms with Gasteiger partial charge in [0.1, 0.15) is 11.7 Å². The summed E-state index contributed by atoms with van der Waals surface area (Å²) in [6.45, 7) is 2.52. The van der Waals surface area contributed by atoms with Gasteiger partial charge in [0, 0.05) is 12.7 Å². The number of carbonyl (C=O) groups excluding carboxylic acids is 1. The molecule has 0 saturated carbocycles. The maximum atomic E-state index is 12.6. The van der Waals surface area contributed by atoms with Crippen LogP contribution in [0.1, 0.15) is 28.9 Å². The van der Waals surface area contributed by atoms with E-state index in [4.69, 9.17) is 5.11 Å². The fourth-order valence-corrected chi connectivity index (χ4v) is 1.33. The van der Waals surface area contributed by atoms with Crippen LogP contribution in [0.25, 0.3) is 0 Å². The van der Waals surface area contributed by atoms with Gasteiger partial charge in [-0.2, -0.15) is 13.2 Å². The molecule has 1 aromatic rings. The standard InChI is InChI=1S/C11H12F3N3O3/c1-5-4-7(16-10(15-5)11(12,13)14)8(18)17(3)6(2)9(19)20/h4,6H,1-3H3,(H,19,20). The number of aromatic nitrogens is 2. The third-order valence-corrected chi connectivity index (χ3v) is 2.59. The van der Waals surface area contributed by atoms with Crippen molar-refractivity contribution < 1.29 is 27.9 Å². The van der Waals surface area contributed by atoms with Gasteiger partial charge in [-0.15, -0.1) is 0 Å². The second-order valence-electron chi connectivity index (χ2n) is 4.15. The summed E-state index contributed by atoms with van der Waals surface area (Å²) < 4.78 is 37.7. The SMILES string of the molecule is Cc1cc(C(=O)N(C)C(C)C(=O)O)nc(C(F)(F)F)n1. The monoisotopic (exact) mass is 291 g/mol. The van der Waals surface area contributed by atoms with E-state index in [0.29, 0.717) is 0 Å². The van der Waals surface area contributed by atoms with Crippen molar-refractivity contribution in [3.63, 3.8) is 0 Å². The summed E-state index contributed by atoms with van der Waals surface area (Å²) in [6, 6.07) is -0.116. The molecule has 0 aliphatic rings. The lowest BCUT2D eigenvalue weighted by Gasteiger charge is -2.21. The zero-order valence-corrected chi connectivity index (χ0v) is 10.9. The molecule has 1 unspecified atom stereocenters. The number of nitrogens with zero attached hydrogens (tertiary/aromatic N) is 3. The third kappa shape index (κ3) is 3.43. The summed E-state index contributed by atoms with van der Waals surface area (Å²) in [5.74, 6) is -3.63. The van der Waals surface area contributed by atoms with E-state index in [-0.39, 0.29) is 5.69 Å². The maximum Gasteiger partial charge on any atom is 0.451 e. The number of carboxylic acid groups (broad SMARTS) is 1. The molecular formula is C11H12F3N3O3. The van der Waals surface area contributed by atoms with E-state index in [2.05, 4.69) is 9.97 Å². The minimum atomic E-state index is -4.78. The summed E-state index contributed by atoms with van der Waals surface area (Å²) in [5.41, 5.74) is -0.535. The molecule has 1 rings (SSSR count). The first-order chi connectivity index (χ1) is 9.04. The summed E-state index contributed by atoms with van der Waals surface area (Å²) in [7, 11) is 1.17. The Morgan fingerprint density at radius 1 is 1.35 bits per heavy atom. The van der Waals surface area contributed by atoms with Gasteiger partial charge in [-0.25, -0.2) is 14.8 Å². The Morgan fingerprint density at radius 3 is 2.35 bits per heavy atom. The van der Waals surface area contributed by atoms with Crippen LogP contribution >= 0.6 is 0 Å². The second-order valence-corrected chi connectivity index (χ2v) is 4.15. The predicted octanol–water partition coefficient (Wildman–Crippen LogP) is 1.35. The van der Waals surface area contributed by atoms with Crippen molar-refractivity contribution in [2.45, 2.75) is 26.1 Å². The average molecular weight is 291 g/mol. The predicted molar refractivity (Wildman–Crippen MR) is 61.0 cm³/mol. The number of alkyl halides is 3. The van der Waals surface area contributed by atoms with Crippen molar-refractivity contribution in [2.75, 3.05) is 7.05 Å². The lowest BCUT2D eigenvalue weighted by Crippen LogP contribution is -2.40. The molecule has 0 aromatic carbocycles. The minimum absolute atomic E-state index is 0.0351. The van der Waals surface area contributed by atoms with Crippen LogP contribution in [0.3, 0.4) is 0 Å². The first kappa shape index (κ1) is 15.9. The molecule has 0 radical (unpaired) electrons. The molecule has 0 aliphatic heterocycles. The normalized spacial score (nSPS) is 12.9. The van der Waals surface area contributed by atoms with Gasteiger partial charge in [-0.1, -0.05) is 0 Å². The van der Waals surface area contributed by atoms with Crippen molar-refractivity contribution in [2.24, 2.45) is 0 Å². The van der Waals surface area contributed by atoms with Crippen molar-refractivity contribution in [3.05, 3.63) is 23.3 Å². The Balaban J connectivity index is 3.17. The maximum absolute atomic E-state index is 12.6. The molecule has 1 aromatic heterocycles. The number of likely N-dealkylation sites (N-methyl/N-ethyl adjacent to an activating group) is 1. The van der Waals surface area contributed by atoms with Gasteiger partial charge in [0.25, 0.3) is 5.91 Å². The number of hydrogen-bond donors (Lipinski definition) is 1. The first-order valence-corrected chi connectivity index (χ1v) is 5.47. The zero-order chi connectivity index (χ0) is 15.7. The molecular weight excluding hydrogens is 279 g/mol. The topological polar surface area (TPSA) is 83.4 Å². The number of rotatable bonds is 3.